The minimum absolute atomic E-state index is 1.97. The molecule has 3 nitrogen and oxygen atoms in total. The van der Waals surface area contributed by atoms with E-state index in [1.165, 1.54) is 0 Å². The molecule has 1 heterocycles. The predicted molar refractivity (Wildman–Crippen MR) is 30.8 cm³/mol. The summed E-state index contributed by atoms with van der Waals surface area (Å²) < 4.78 is 68.5. The molecule has 0 aromatic rings. The van der Waals surface area contributed by atoms with Gasteiger partial charge in [0.1, 0.15) is 0 Å². The zero-order chi connectivity index (χ0) is 14.8. The fourth-order valence-electron chi connectivity index (χ4n) is 0.350. The molecule has 1 saturated heterocycles. The van der Waals surface area contributed by atoms with Crippen LogP contribution < -0.4 is 0 Å². The Morgan fingerprint density at radius 1 is 2.11 bits per heavy atom. The van der Waals surface area contributed by atoms with Crippen LogP contribution >= 0.6 is 0 Å². The summed E-state index contributed by atoms with van der Waals surface area (Å²) in [5.41, 5.74) is -3.87. The number of carbonyl (C=O) groups is 1. The van der Waals surface area contributed by atoms with Gasteiger partial charge >= 0.3 is 5.97 Å². The number of aliphatic hydroxyl groups is 1. The molecule has 1 rings (SSSR count). The maximum atomic E-state index is 11.3. The van der Waals surface area contributed by atoms with E-state index < -0.39 is 37.7 Å². The summed E-state index contributed by atoms with van der Waals surface area (Å²) >= 11 is 0. The number of hydrogen-bond donors (Lipinski definition) is 1. The second-order valence-corrected chi connectivity index (χ2v) is 1.45. The van der Waals surface area contributed by atoms with Gasteiger partial charge in [0, 0.05) is 16.0 Å². The lowest BCUT2D eigenvalue weighted by Gasteiger charge is -2.26. The first-order valence-electron chi connectivity index (χ1n) is 6.59. The zero-order valence-corrected chi connectivity index (χ0v) is 4.26. The molecule has 0 spiro atoms. The number of cyclic esters (lactones) is 1. The van der Waals surface area contributed by atoms with E-state index in [9.17, 15) is 9.90 Å². The highest BCUT2D eigenvalue weighted by molar-refractivity contribution is 5.71. The average Bonchev–Trinajstić information content (AvgIpc) is 2.11. The van der Waals surface area contributed by atoms with Crippen molar-refractivity contribution < 1.29 is 27.0 Å². The fraction of sp³-hybridized carbons (Fsp3) is 0.833. The maximum absolute atomic E-state index is 11.3. The Labute approximate surface area is 66.3 Å². The van der Waals surface area contributed by atoms with Crippen LogP contribution in [0, 0.1) is 0 Å². The lowest BCUT2D eigenvalue weighted by molar-refractivity contribution is -0.157. The van der Waals surface area contributed by atoms with E-state index in [2.05, 4.69) is 4.74 Å². The Balaban J connectivity index is 3.63. The monoisotopic (exact) mass is 139 g/mol. The largest absolute Gasteiger partial charge is 0.465 e. The van der Waals surface area contributed by atoms with Gasteiger partial charge in [-0.3, -0.25) is 4.79 Å². The van der Waals surface area contributed by atoms with Gasteiger partial charge in [0.25, 0.3) is 0 Å². The highest BCUT2D eigenvalue weighted by atomic mass is 16.5. The van der Waals surface area contributed by atoms with Gasteiger partial charge < -0.3 is 9.84 Å². The molecular formula is C6H10O3. The average molecular weight is 139 g/mol. The van der Waals surface area contributed by atoms with Crippen LogP contribution in [0.3, 0.4) is 0 Å². The van der Waals surface area contributed by atoms with Crippen LogP contribution in [0.5, 0.6) is 0 Å². The highest BCUT2D eigenvalue weighted by Gasteiger charge is 2.29. The third-order valence-corrected chi connectivity index (χ3v) is 0.659. The summed E-state index contributed by atoms with van der Waals surface area (Å²) in [4.78, 5) is 11.3. The van der Waals surface area contributed by atoms with E-state index in [4.69, 9.17) is 12.3 Å². The molecule has 1 N–H and O–H groups in total. The van der Waals surface area contributed by atoms with E-state index in [0.29, 0.717) is 0 Å². The number of rotatable bonds is 0. The lowest BCUT2D eigenvalue weighted by atomic mass is 9.97. The predicted octanol–water partition coefficient (Wildman–Crippen LogP) is 0.0744. The van der Waals surface area contributed by atoms with E-state index >= 15 is 0 Å². The van der Waals surface area contributed by atoms with Crippen LogP contribution in [0.15, 0.2) is 0 Å². The number of ether oxygens (including phenoxy) is 1. The minimum atomic E-state index is -3.87. The molecule has 0 unspecified atom stereocenters. The van der Waals surface area contributed by atoms with Crippen molar-refractivity contribution in [1.82, 2.24) is 0 Å². The maximum Gasteiger partial charge on any atom is 0.308 e. The Morgan fingerprint density at radius 2 is 2.89 bits per heavy atom. The minimum Gasteiger partial charge on any atom is -0.465 e. The van der Waals surface area contributed by atoms with Crippen LogP contribution in [0.2, 0.25) is 0 Å². The van der Waals surface area contributed by atoms with Crippen LogP contribution in [-0.2, 0) is 9.53 Å². The molecule has 1 atom stereocenters. The first-order valence-corrected chi connectivity index (χ1v) is 2.09. The van der Waals surface area contributed by atoms with Gasteiger partial charge in [-0.2, -0.15) is 0 Å². The van der Waals surface area contributed by atoms with Gasteiger partial charge in [0.2, 0.25) is 0 Å². The van der Waals surface area contributed by atoms with Crippen LogP contribution in [0.25, 0.3) is 0 Å². The van der Waals surface area contributed by atoms with Gasteiger partial charge in [0.15, 0.2) is 0 Å². The molecule has 0 bridgehead atoms. The molecule has 0 radical (unpaired) electrons. The topological polar surface area (TPSA) is 46.5 Å². The highest BCUT2D eigenvalue weighted by Crippen LogP contribution is 2.19. The molecule has 1 aliphatic rings. The first-order chi connectivity index (χ1) is 7.63. The third kappa shape index (κ3) is 1.68. The van der Waals surface area contributed by atoms with Crippen molar-refractivity contribution >= 4 is 5.97 Å². The van der Waals surface area contributed by atoms with Crippen molar-refractivity contribution in [3.8, 4) is 0 Å². The van der Waals surface area contributed by atoms with E-state index in [1.807, 2.05) is 0 Å². The Bertz CT molecular complexity index is 386. The van der Waals surface area contributed by atoms with Crippen molar-refractivity contribution in [2.75, 3.05) is 6.56 Å². The van der Waals surface area contributed by atoms with Gasteiger partial charge in [-0.1, -0.05) is 0 Å². The molecule has 0 aromatic carbocycles. The third-order valence-electron chi connectivity index (χ3n) is 0.659. The first kappa shape index (κ1) is 1.53. The summed E-state index contributed by atoms with van der Waals surface area (Å²) in [5, 5.41) is 9.92. The Morgan fingerprint density at radius 3 is 3.56 bits per heavy atom. The second-order valence-electron chi connectivity index (χ2n) is 1.45. The quantitative estimate of drug-likeness (QED) is 0.483. The summed E-state index contributed by atoms with van der Waals surface area (Å²) in [5.74, 6) is -1.97. The van der Waals surface area contributed by atoms with E-state index in [0.717, 1.165) is 0 Å². The summed E-state index contributed by atoms with van der Waals surface area (Å²) in [6, 6.07) is 0. The second kappa shape index (κ2) is 1.99. The van der Waals surface area contributed by atoms with Gasteiger partial charge in [0.05, 0.1) is 21.3 Å². The molecule has 0 aliphatic carbocycles. The molecule has 9 heavy (non-hydrogen) atoms. The summed E-state index contributed by atoms with van der Waals surface area (Å²) in [6.45, 7) is -7.15. The number of esters is 1. The molecule has 0 saturated carbocycles. The lowest BCUT2D eigenvalue weighted by Crippen LogP contribution is -2.35. The number of hydrogen-bond acceptors (Lipinski definition) is 3. The molecule has 3 heteroatoms. The van der Waals surface area contributed by atoms with Crippen LogP contribution in [-0.4, -0.2) is 23.2 Å². The molecule has 0 amide bonds. The summed E-state index contributed by atoms with van der Waals surface area (Å²) in [6.07, 6.45) is -7.28. The van der Waals surface area contributed by atoms with E-state index in [-0.39, 0.29) is 0 Å². The van der Waals surface area contributed by atoms with Crippen LogP contribution in [0.4, 0.5) is 0 Å². The molecule has 52 valence electrons. The zero-order valence-electron chi connectivity index (χ0n) is 13.3. The Kier molecular flexibility index (Phi) is 0.338. The van der Waals surface area contributed by atoms with Crippen molar-refractivity contribution in [1.29, 1.82) is 0 Å². The molecule has 0 aromatic heterocycles. The fourth-order valence-corrected chi connectivity index (χ4v) is 0.350. The van der Waals surface area contributed by atoms with E-state index in [1.54, 1.807) is 0 Å². The Hall–Kier alpha value is -0.570. The smallest absolute Gasteiger partial charge is 0.308 e. The molecular weight excluding hydrogens is 120 g/mol. The van der Waals surface area contributed by atoms with Gasteiger partial charge in [-0.15, -0.1) is 0 Å². The van der Waals surface area contributed by atoms with Gasteiger partial charge in [-0.25, -0.2) is 0 Å². The summed E-state index contributed by atoms with van der Waals surface area (Å²) in [7, 11) is 0. The molecule has 1 fully saturated rings. The normalized spacial score (nSPS) is 69.0. The van der Waals surface area contributed by atoms with Crippen molar-refractivity contribution in [2.45, 2.75) is 25.2 Å². The number of carbonyl (C=O) groups excluding carboxylic acids is 1. The SMILES string of the molecule is [2H]C1([2H])OC(=O)C([2H])([2H])[C@@](O)(C([2H])([2H])[2H])C1([2H])[2H]. The molecule has 1 aliphatic heterocycles. The standard InChI is InChI=1S/C6H10O3/c1-6(8)2-3-9-5(7)4-6/h8H,2-4H2,1H3/t6-/m1/s1/i1D3,2D2,3D2,4D2. The van der Waals surface area contributed by atoms with Gasteiger partial charge in [-0.05, 0) is 6.85 Å². The van der Waals surface area contributed by atoms with Crippen molar-refractivity contribution in [3.05, 3.63) is 0 Å². The van der Waals surface area contributed by atoms with Crippen LogP contribution in [0.1, 0.15) is 31.9 Å². The van der Waals surface area contributed by atoms with Crippen molar-refractivity contribution in [3.63, 3.8) is 0 Å². The van der Waals surface area contributed by atoms with Crippen molar-refractivity contribution in [2.24, 2.45) is 0 Å².